The smallest absolute Gasteiger partial charge is 0.262 e. The highest BCUT2D eigenvalue weighted by Crippen LogP contribution is 2.63. The minimum atomic E-state index is -0.317. The lowest BCUT2D eigenvalue weighted by Gasteiger charge is -2.49. The van der Waals surface area contributed by atoms with Crippen molar-refractivity contribution in [2.75, 3.05) is 19.6 Å². The van der Waals surface area contributed by atoms with Crippen molar-refractivity contribution < 1.29 is 13.9 Å². The lowest BCUT2D eigenvalue weighted by Crippen LogP contribution is -2.64. The number of benzene rings is 9. The molecule has 1 aromatic heterocycles. The molecule has 0 saturated carbocycles. The molecule has 0 saturated heterocycles. The molecular weight excluding hydrogens is 932 g/mol. The van der Waals surface area contributed by atoms with Crippen molar-refractivity contribution in [1.82, 2.24) is 0 Å². The molecule has 0 spiro atoms. The first kappa shape index (κ1) is 43.0. The van der Waals surface area contributed by atoms with Crippen LogP contribution in [-0.2, 0) is 0 Å². The van der Waals surface area contributed by atoms with Gasteiger partial charge in [0.15, 0.2) is 22.8 Å². The molecule has 76 heavy (non-hydrogen) atoms. The van der Waals surface area contributed by atoms with Crippen molar-refractivity contribution in [3.05, 3.63) is 248 Å². The van der Waals surface area contributed by atoms with Crippen LogP contribution in [-0.4, -0.2) is 18.9 Å². The quantitative estimate of drug-likeness (QED) is 0.141. The van der Waals surface area contributed by atoms with E-state index in [1.807, 2.05) is 0 Å². The Balaban J connectivity index is 1.15. The average molecular weight is 981 g/mol. The van der Waals surface area contributed by atoms with E-state index in [0.717, 1.165) is 124 Å². The van der Waals surface area contributed by atoms with Gasteiger partial charge in [-0.1, -0.05) is 159 Å². The molecule has 9 aromatic carbocycles. The van der Waals surface area contributed by atoms with Crippen molar-refractivity contribution in [1.29, 1.82) is 0 Å². The number of para-hydroxylation sites is 6. The summed E-state index contributed by atoms with van der Waals surface area (Å²) < 4.78 is 23.4. The molecule has 4 aliphatic heterocycles. The summed E-state index contributed by atoms with van der Waals surface area (Å²) in [5, 5.41) is 2.07. The zero-order valence-electron chi connectivity index (χ0n) is 41.9. The van der Waals surface area contributed by atoms with Crippen molar-refractivity contribution >= 4 is 108 Å². The average Bonchev–Trinajstić information content (AvgIpc) is 4.18. The first-order chi connectivity index (χ1) is 37.6. The number of fused-ring (bicyclic) bond motifs is 8. The van der Waals surface area contributed by atoms with E-state index in [-0.39, 0.29) is 30.7 Å². The Morgan fingerprint density at radius 3 is 1.71 bits per heavy atom. The SMILES string of the molecule is Cc1cc2c3c(c1)N(c1ccccc1)c1c4c(c(N(c5ccccc5)c5ccccc5)c5oc6ccccc6c15)Oc1c(c(c5c(c1N(c1ccccc1)C1C=CC=CC1C)OC1C=CC=CC51)N2c1ccccc1)B34. The van der Waals surface area contributed by atoms with E-state index in [9.17, 15) is 0 Å². The van der Waals surface area contributed by atoms with Gasteiger partial charge in [0.05, 0.1) is 22.8 Å². The highest BCUT2D eigenvalue weighted by atomic mass is 16.5. The normalized spacial score (nSPS) is 18.6. The summed E-state index contributed by atoms with van der Waals surface area (Å²) in [7, 11) is 0. The maximum atomic E-state index is 8.38. The van der Waals surface area contributed by atoms with Crippen LogP contribution in [0.15, 0.2) is 241 Å². The molecule has 2 aliphatic carbocycles. The number of hydrogen-bond acceptors (Lipinski definition) is 7. The predicted molar refractivity (Wildman–Crippen MR) is 312 cm³/mol. The second kappa shape index (κ2) is 16.6. The summed E-state index contributed by atoms with van der Waals surface area (Å²) >= 11 is 0. The molecule has 4 atom stereocenters. The van der Waals surface area contributed by atoms with Crippen LogP contribution < -0.4 is 45.5 Å². The maximum Gasteiger partial charge on any atom is 0.262 e. The number of rotatable bonds is 8. The third-order valence-electron chi connectivity index (χ3n) is 16.4. The molecule has 8 heteroatoms. The lowest BCUT2D eigenvalue weighted by molar-refractivity contribution is 0.268. The number of hydrogen-bond donors (Lipinski definition) is 0. The Hall–Kier alpha value is -9.40. The van der Waals surface area contributed by atoms with Crippen LogP contribution in [0.1, 0.15) is 24.0 Å². The van der Waals surface area contributed by atoms with Gasteiger partial charge in [-0.2, -0.15) is 0 Å². The van der Waals surface area contributed by atoms with Gasteiger partial charge < -0.3 is 33.5 Å². The Morgan fingerprint density at radius 1 is 0.513 bits per heavy atom. The van der Waals surface area contributed by atoms with Gasteiger partial charge in [0, 0.05) is 62.1 Å². The number of allylic oxidation sites excluding steroid dienone is 4. The highest BCUT2D eigenvalue weighted by Gasteiger charge is 2.56. The Bertz CT molecular complexity index is 4100. The summed E-state index contributed by atoms with van der Waals surface area (Å²) in [6.45, 7) is 4.24. The van der Waals surface area contributed by atoms with Gasteiger partial charge in [-0.05, 0) is 114 Å². The summed E-state index contributed by atoms with van der Waals surface area (Å²) in [5.41, 5.74) is 18.6. The molecule has 10 aromatic rings. The third-order valence-corrected chi connectivity index (χ3v) is 16.4. The van der Waals surface area contributed by atoms with Gasteiger partial charge in [-0.3, -0.25) is 0 Å². The van der Waals surface area contributed by atoms with E-state index in [1.165, 1.54) is 5.46 Å². The molecule has 4 unspecified atom stereocenters. The Morgan fingerprint density at radius 2 is 1.05 bits per heavy atom. The highest BCUT2D eigenvalue weighted by molar-refractivity contribution is 7.02. The van der Waals surface area contributed by atoms with Gasteiger partial charge in [0.25, 0.3) is 6.71 Å². The van der Waals surface area contributed by atoms with E-state index >= 15 is 0 Å². The van der Waals surface area contributed by atoms with Crippen LogP contribution in [0.2, 0.25) is 0 Å². The van der Waals surface area contributed by atoms with Crippen LogP contribution in [0.4, 0.5) is 62.6 Å². The van der Waals surface area contributed by atoms with Gasteiger partial charge in [-0.25, -0.2) is 0 Å². The van der Waals surface area contributed by atoms with Crippen molar-refractivity contribution in [3.63, 3.8) is 0 Å². The molecule has 6 aliphatic rings. The molecule has 16 rings (SSSR count). The van der Waals surface area contributed by atoms with Crippen molar-refractivity contribution in [2.45, 2.75) is 31.9 Å². The minimum absolute atomic E-state index is 0.0827. The molecule has 7 nitrogen and oxygen atoms in total. The summed E-state index contributed by atoms with van der Waals surface area (Å²) in [4.78, 5) is 9.91. The van der Waals surface area contributed by atoms with Crippen LogP contribution >= 0.6 is 0 Å². The standard InChI is InChI=1S/C68H49BN4O3/c1-42-40-52-58-53(41-42)73(48-33-16-7-17-34-48)62-57-50-36-20-23-39-55(50)75-66(57)64(71(46-29-12-5-13-30-46)51-37-21-18-24-43(51)2)68-60(62)69(58)59-61(72(52)47-31-14-6-15-32-47)56-49-35-19-22-38-54(49)74-65(56)63(67(59)76-68)70(44-25-8-3-9-26-44)45-27-10-4-11-28-45/h3-41,43,50-51,55H,1-2H3. The topological polar surface area (TPSA) is 44.6 Å². The first-order valence-corrected chi connectivity index (χ1v) is 26.5. The van der Waals surface area contributed by atoms with Crippen LogP contribution in [0.5, 0.6) is 17.2 Å². The number of nitrogens with zero attached hydrogens (tertiary/aromatic N) is 4. The molecule has 0 fully saturated rings. The largest absolute Gasteiger partial charge is 0.483 e. The number of ether oxygens (including phenoxy) is 2. The second-order valence-corrected chi connectivity index (χ2v) is 20.7. The number of furan rings is 1. The van der Waals surface area contributed by atoms with Gasteiger partial charge in [0.1, 0.15) is 23.1 Å². The third kappa shape index (κ3) is 6.06. The molecule has 362 valence electrons. The second-order valence-electron chi connectivity index (χ2n) is 20.7. The fraction of sp³-hybridized carbons (Fsp3) is 0.0882. The predicted octanol–water partition coefficient (Wildman–Crippen LogP) is 15.8. The number of aryl methyl sites for hydroxylation is 1. The van der Waals surface area contributed by atoms with Crippen LogP contribution in [0.25, 0.3) is 21.9 Å². The Kier molecular flexibility index (Phi) is 9.38. The van der Waals surface area contributed by atoms with E-state index in [4.69, 9.17) is 13.9 Å². The molecule has 0 amide bonds. The first-order valence-electron chi connectivity index (χ1n) is 26.5. The lowest BCUT2D eigenvalue weighted by atomic mass is 9.32. The van der Waals surface area contributed by atoms with Gasteiger partial charge >= 0.3 is 0 Å². The van der Waals surface area contributed by atoms with Crippen molar-refractivity contribution in [3.8, 4) is 17.2 Å². The van der Waals surface area contributed by atoms with E-state index in [2.05, 4.69) is 270 Å². The molecular formula is C68H49BN4O3. The monoisotopic (exact) mass is 980 g/mol. The van der Waals surface area contributed by atoms with Crippen LogP contribution in [0.3, 0.4) is 0 Å². The van der Waals surface area contributed by atoms with E-state index in [1.54, 1.807) is 0 Å². The molecule has 0 radical (unpaired) electrons. The van der Waals surface area contributed by atoms with Gasteiger partial charge in [0.2, 0.25) is 0 Å². The van der Waals surface area contributed by atoms with E-state index in [0.29, 0.717) is 0 Å². The Labute approximate surface area is 441 Å². The fourth-order valence-electron chi connectivity index (χ4n) is 13.3. The number of anilines is 11. The fourth-order valence-corrected chi connectivity index (χ4v) is 13.3. The molecule has 5 heterocycles. The zero-order valence-corrected chi connectivity index (χ0v) is 41.9. The van der Waals surface area contributed by atoms with E-state index < -0.39 is 0 Å². The molecule has 0 N–H and O–H groups in total. The van der Waals surface area contributed by atoms with Crippen LogP contribution in [0, 0.1) is 12.8 Å². The summed E-state index contributed by atoms with van der Waals surface area (Å²) in [6, 6.07) is 67.2. The van der Waals surface area contributed by atoms with Crippen molar-refractivity contribution in [2.24, 2.45) is 5.92 Å². The van der Waals surface area contributed by atoms with Gasteiger partial charge in [-0.15, -0.1) is 0 Å². The molecule has 0 bridgehead atoms. The summed E-state index contributed by atoms with van der Waals surface area (Å²) in [5.74, 6) is 2.39. The maximum absolute atomic E-state index is 8.38. The zero-order chi connectivity index (χ0) is 50.2. The minimum Gasteiger partial charge on any atom is -0.483 e. The summed E-state index contributed by atoms with van der Waals surface area (Å²) in [6.07, 6.45) is 17.7.